The molecule has 0 unspecified atom stereocenters. The van der Waals surface area contributed by atoms with Gasteiger partial charge in [0.05, 0.1) is 0 Å². The second-order valence-corrected chi connectivity index (χ2v) is 23.8. The summed E-state index contributed by atoms with van der Waals surface area (Å²) in [5.41, 5.74) is 17.0. The van der Waals surface area contributed by atoms with Gasteiger partial charge in [-0.15, -0.1) is 22.3 Å². The van der Waals surface area contributed by atoms with Gasteiger partial charge in [0.15, 0.2) is 16.5 Å². The van der Waals surface area contributed by atoms with Crippen molar-refractivity contribution in [2.24, 2.45) is 0 Å². The maximum atomic E-state index is 3.44. The molecule has 0 atom stereocenters. The Hall–Kier alpha value is -2.72. The van der Waals surface area contributed by atoms with Crippen molar-refractivity contribution in [1.29, 1.82) is 0 Å². The predicted octanol–water partition coefficient (Wildman–Crippen LogP) is 10.0. The molecule has 0 saturated carbocycles. The molecule has 0 amide bonds. The molecule has 2 aromatic heterocycles. The van der Waals surface area contributed by atoms with Crippen molar-refractivity contribution in [3.05, 3.63) is 118 Å². The average Bonchev–Trinajstić information content (AvgIpc) is 3.65. The van der Waals surface area contributed by atoms with E-state index in [2.05, 4.69) is 134 Å². The molecule has 0 N–H and O–H groups in total. The van der Waals surface area contributed by atoms with E-state index in [4.69, 9.17) is 0 Å². The van der Waals surface area contributed by atoms with Crippen molar-refractivity contribution in [2.75, 3.05) is 0 Å². The topological polar surface area (TPSA) is 9.86 Å². The van der Waals surface area contributed by atoms with Crippen LogP contribution in [0.3, 0.4) is 0 Å². The summed E-state index contributed by atoms with van der Waals surface area (Å²) in [6, 6.07) is 33.5. The van der Waals surface area contributed by atoms with E-state index in [0.29, 0.717) is 0 Å². The first-order chi connectivity index (χ1) is 19.9. The SMILES string of the molecule is Cc1ccc2c(c1)c1c(n2[Si](C)(C)C)-c2ccc[c-]c2C1.Cc1ccc2c(c1)c1c(n2[Si](C)(C)C)-c2ccc[c-]c2C1.[Zr+2]. The quantitative estimate of drug-likeness (QED) is 0.128. The van der Waals surface area contributed by atoms with Crippen LogP contribution in [0, 0.1) is 26.0 Å². The monoisotopic (exact) mass is 670 g/mol. The number of aromatic nitrogens is 2. The third kappa shape index (κ3) is 4.92. The van der Waals surface area contributed by atoms with E-state index in [-0.39, 0.29) is 26.2 Å². The molecule has 8 rings (SSSR count). The van der Waals surface area contributed by atoms with Crippen molar-refractivity contribution >= 4 is 38.3 Å². The summed E-state index contributed by atoms with van der Waals surface area (Å²) in [6.45, 7) is 18.9. The van der Waals surface area contributed by atoms with E-state index < -0.39 is 16.5 Å². The number of hydrogen-bond acceptors (Lipinski definition) is 0. The van der Waals surface area contributed by atoms with Crippen LogP contribution in [0.2, 0.25) is 39.3 Å². The summed E-state index contributed by atoms with van der Waals surface area (Å²) in [4.78, 5) is 0. The van der Waals surface area contributed by atoms with Crippen LogP contribution < -0.4 is 0 Å². The number of hydrogen-bond donors (Lipinski definition) is 0. The molecular formula is C38H40N2Si2Zr. The van der Waals surface area contributed by atoms with E-state index in [9.17, 15) is 0 Å². The molecular weight excluding hydrogens is 632 g/mol. The molecule has 43 heavy (non-hydrogen) atoms. The Morgan fingerprint density at radius 2 is 0.977 bits per heavy atom. The van der Waals surface area contributed by atoms with Gasteiger partial charge in [-0.2, -0.15) is 48.5 Å². The van der Waals surface area contributed by atoms with Crippen molar-refractivity contribution in [3.8, 4) is 22.5 Å². The summed E-state index contributed by atoms with van der Waals surface area (Å²) >= 11 is 0. The number of benzene rings is 4. The minimum atomic E-state index is -1.49. The van der Waals surface area contributed by atoms with Gasteiger partial charge in [0.1, 0.15) is 0 Å². The molecule has 2 heterocycles. The molecule has 0 spiro atoms. The average molecular weight is 672 g/mol. The van der Waals surface area contributed by atoms with Gasteiger partial charge in [-0.05, 0) is 73.5 Å². The van der Waals surface area contributed by atoms with E-state index in [0.717, 1.165) is 12.8 Å². The zero-order valence-corrected chi connectivity index (χ0v) is 31.2. The number of nitrogens with zero attached hydrogens (tertiary/aromatic N) is 2. The van der Waals surface area contributed by atoms with Crippen molar-refractivity contribution in [1.82, 2.24) is 8.47 Å². The molecule has 0 bridgehead atoms. The van der Waals surface area contributed by atoms with E-state index in [1.165, 1.54) is 77.7 Å². The Morgan fingerprint density at radius 3 is 1.35 bits per heavy atom. The van der Waals surface area contributed by atoms with E-state index >= 15 is 0 Å². The number of rotatable bonds is 2. The maximum absolute atomic E-state index is 3.44. The van der Waals surface area contributed by atoms with Gasteiger partial charge in [0.25, 0.3) is 0 Å². The molecule has 2 nitrogen and oxygen atoms in total. The summed E-state index contributed by atoms with van der Waals surface area (Å²) in [6.07, 6.45) is 2.06. The molecule has 0 aliphatic heterocycles. The van der Waals surface area contributed by atoms with Gasteiger partial charge in [-0.3, -0.25) is 0 Å². The fourth-order valence-electron chi connectivity index (χ4n) is 7.29. The molecule has 214 valence electrons. The first kappa shape index (κ1) is 30.3. The Balaban J connectivity index is 0.000000150. The fraction of sp³-hybridized carbons (Fsp3) is 0.263. The summed E-state index contributed by atoms with van der Waals surface area (Å²) in [7, 11) is -2.97. The van der Waals surface area contributed by atoms with Gasteiger partial charge in [0.2, 0.25) is 0 Å². The van der Waals surface area contributed by atoms with Crippen molar-refractivity contribution in [3.63, 3.8) is 0 Å². The van der Waals surface area contributed by atoms with Crippen molar-refractivity contribution in [2.45, 2.75) is 66.0 Å². The van der Waals surface area contributed by atoms with E-state index in [1.807, 2.05) is 12.1 Å². The molecule has 0 fully saturated rings. The normalized spacial score (nSPS) is 13.2. The second kappa shape index (κ2) is 10.7. The summed E-state index contributed by atoms with van der Waals surface area (Å²) in [5, 5.41) is 2.88. The van der Waals surface area contributed by atoms with E-state index in [1.54, 1.807) is 0 Å². The van der Waals surface area contributed by atoms with Crippen LogP contribution in [-0.2, 0) is 39.0 Å². The standard InChI is InChI=1S/2C19H20NSi.Zr/c2*1-13-9-10-18-16(11-13)17-12-14-7-5-6-8-15(14)19(17)20(18)21(2,3)4;/h2*5-6,8-11H,12H2,1-4H3;/q2*-1;+2. The third-order valence-corrected chi connectivity index (χ3v) is 12.5. The zero-order valence-electron chi connectivity index (χ0n) is 26.7. The molecule has 2 aliphatic carbocycles. The molecule has 0 saturated heterocycles. The first-order valence-electron chi connectivity index (χ1n) is 15.2. The second-order valence-electron chi connectivity index (χ2n) is 14.2. The third-order valence-electron chi connectivity index (χ3n) is 8.90. The Labute approximate surface area is 278 Å². The predicted molar refractivity (Wildman–Crippen MR) is 185 cm³/mol. The zero-order chi connectivity index (χ0) is 29.6. The molecule has 6 aromatic rings. The largest absolute Gasteiger partial charge is 2.00 e. The summed E-state index contributed by atoms with van der Waals surface area (Å²) < 4.78 is 5.30. The van der Waals surface area contributed by atoms with Crippen LogP contribution in [0.15, 0.2) is 72.8 Å². The van der Waals surface area contributed by atoms with Gasteiger partial charge in [0, 0.05) is 21.8 Å². The summed E-state index contributed by atoms with van der Waals surface area (Å²) in [5.74, 6) is 0. The Morgan fingerprint density at radius 1 is 0.581 bits per heavy atom. The minimum absolute atomic E-state index is 0. The minimum Gasteiger partial charge on any atom is -0.378 e. The van der Waals surface area contributed by atoms with Crippen LogP contribution in [0.5, 0.6) is 0 Å². The first-order valence-corrected chi connectivity index (χ1v) is 22.1. The van der Waals surface area contributed by atoms with Crippen LogP contribution in [-0.4, -0.2) is 24.9 Å². The Bertz CT molecular complexity index is 1880. The van der Waals surface area contributed by atoms with Gasteiger partial charge in [-0.25, -0.2) is 0 Å². The van der Waals surface area contributed by atoms with Gasteiger partial charge >= 0.3 is 26.2 Å². The van der Waals surface area contributed by atoms with Crippen LogP contribution in [0.4, 0.5) is 0 Å². The van der Waals surface area contributed by atoms with Crippen molar-refractivity contribution < 1.29 is 26.2 Å². The molecule has 0 radical (unpaired) electrons. The maximum Gasteiger partial charge on any atom is 2.00 e. The van der Waals surface area contributed by atoms with Crippen LogP contribution in [0.25, 0.3) is 44.3 Å². The number of aryl methyl sites for hydroxylation is 2. The molecule has 5 heteroatoms. The smallest absolute Gasteiger partial charge is 0.378 e. The van der Waals surface area contributed by atoms with Gasteiger partial charge < -0.3 is 8.47 Å². The molecule has 4 aromatic carbocycles. The Kier molecular flexibility index (Phi) is 7.55. The van der Waals surface area contributed by atoms with Gasteiger partial charge in [-0.1, -0.05) is 62.5 Å². The molecule has 2 aliphatic rings. The van der Waals surface area contributed by atoms with Crippen LogP contribution >= 0.6 is 0 Å². The fourth-order valence-corrected chi connectivity index (χ4v) is 11.0. The van der Waals surface area contributed by atoms with Crippen LogP contribution in [0.1, 0.15) is 33.4 Å². The number of fused-ring (bicyclic) bond motifs is 10.